The standard InChI is InChI=1S/C14H20ClN3/c15-13-10-17-4-3-12(13)14(9-11-1-2-11)18-7-5-16-6-8-18/h3-4,10-11,14,16H,1-2,5-9H2/t14-/m1/s1. The van der Waals surface area contributed by atoms with Crippen LogP contribution in [0.5, 0.6) is 0 Å². The third-order valence-electron chi connectivity index (χ3n) is 4.01. The first kappa shape index (κ1) is 12.4. The number of hydrogen-bond donors (Lipinski definition) is 1. The number of nitrogens with zero attached hydrogens (tertiary/aromatic N) is 2. The Balaban J connectivity index is 1.81. The molecule has 98 valence electrons. The normalized spacial score (nSPS) is 22.9. The highest BCUT2D eigenvalue weighted by Gasteiger charge is 2.31. The minimum absolute atomic E-state index is 0.482. The first-order valence-corrected chi connectivity index (χ1v) is 7.26. The van der Waals surface area contributed by atoms with Crippen LogP contribution in [0.1, 0.15) is 30.9 Å². The first-order chi connectivity index (χ1) is 8.84. The van der Waals surface area contributed by atoms with Gasteiger partial charge in [0.2, 0.25) is 0 Å². The SMILES string of the molecule is Clc1cnccc1[C@@H](CC1CC1)N1CCNCC1. The number of halogens is 1. The van der Waals surface area contributed by atoms with Gasteiger partial charge >= 0.3 is 0 Å². The van der Waals surface area contributed by atoms with E-state index in [1.54, 1.807) is 6.20 Å². The van der Waals surface area contributed by atoms with Crippen LogP contribution < -0.4 is 5.32 Å². The fraction of sp³-hybridized carbons (Fsp3) is 0.643. The second-order valence-electron chi connectivity index (χ2n) is 5.38. The van der Waals surface area contributed by atoms with Crippen LogP contribution in [0.4, 0.5) is 0 Å². The van der Waals surface area contributed by atoms with Gasteiger partial charge in [-0.2, -0.15) is 0 Å². The molecule has 1 aromatic heterocycles. The van der Waals surface area contributed by atoms with Gasteiger partial charge in [-0.1, -0.05) is 24.4 Å². The highest BCUT2D eigenvalue weighted by Crippen LogP contribution is 2.41. The molecule has 3 rings (SSSR count). The number of pyridine rings is 1. The second kappa shape index (κ2) is 5.55. The third-order valence-corrected chi connectivity index (χ3v) is 4.32. The van der Waals surface area contributed by atoms with Crippen LogP contribution in [-0.4, -0.2) is 36.1 Å². The van der Waals surface area contributed by atoms with Gasteiger partial charge in [-0.05, 0) is 24.0 Å². The predicted molar refractivity (Wildman–Crippen MR) is 73.8 cm³/mol. The molecule has 1 N–H and O–H groups in total. The van der Waals surface area contributed by atoms with E-state index in [-0.39, 0.29) is 0 Å². The molecule has 1 atom stereocenters. The van der Waals surface area contributed by atoms with Crippen molar-refractivity contribution in [2.45, 2.75) is 25.3 Å². The van der Waals surface area contributed by atoms with Crippen molar-refractivity contribution in [1.82, 2.24) is 15.2 Å². The van der Waals surface area contributed by atoms with Crippen LogP contribution in [0, 0.1) is 5.92 Å². The van der Waals surface area contributed by atoms with Crippen LogP contribution in [0.3, 0.4) is 0 Å². The summed E-state index contributed by atoms with van der Waals surface area (Å²) in [7, 11) is 0. The summed E-state index contributed by atoms with van der Waals surface area (Å²) < 4.78 is 0. The zero-order chi connectivity index (χ0) is 12.4. The Morgan fingerprint density at radius 2 is 2.17 bits per heavy atom. The largest absolute Gasteiger partial charge is 0.314 e. The zero-order valence-electron chi connectivity index (χ0n) is 10.6. The van der Waals surface area contributed by atoms with Crippen molar-refractivity contribution in [3.05, 3.63) is 29.0 Å². The molecule has 2 heterocycles. The van der Waals surface area contributed by atoms with Gasteiger partial charge in [-0.25, -0.2) is 0 Å². The lowest BCUT2D eigenvalue weighted by Crippen LogP contribution is -2.45. The van der Waals surface area contributed by atoms with Crippen molar-refractivity contribution in [3.63, 3.8) is 0 Å². The minimum Gasteiger partial charge on any atom is -0.314 e. The van der Waals surface area contributed by atoms with E-state index in [2.05, 4.69) is 21.3 Å². The second-order valence-corrected chi connectivity index (χ2v) is 5.79. The highest BCUT2D eigenvalue weighted by molar-refractivity contribution is 6.31. The summed E-state index contributed by atoms with van der Waals surface area (Å²) in [4.78, 5) is 6.68. The lowest BCUT2D eigenvalue weighted by molar-refractivity contribution is 0.160. The number of rotatable bonds is 4. The van der Waals surface area contributed by atoms with Gasteiger partial charge in [0.1, 0.15) is 0 Å². The number of nitrogens with one attached hydrogen (secondary N) is 1. The highest BCUT2D eigenvalue weighted by atomic mass is 35.5. The summed E-state index contributed by atoms with van der Waals surface area (Å²) in [6.07, 6.45) is 7.68. The molecule has 0 unspecified atom stereocenters. The lowest BCUT2D eigenvalue weighted by Gasteiger charge is -2.35. The van der Waals surface area contributed by atoms with Crippen molar-refractivity contribution < 1.29 is 0 Å². The summed E-state index contributed by atoms with van der Waals surface area (Å²) >= 11 is 6.34. The molecule has 18 heavy (non-hydrogen) atoms. The Hall–Kier alpha value is -0.640. The molecule has 1 aromatic rings. The molecule has 3 nitrogen and oxygen atoms in total. The molecule has 1 aliphatic carbocycles. The maximum Gasteiger partial charge on any atom is 0.0637 e. The summed E-state index contributed by atoms with van der Waals surface area (Å²) in [5.41, 5.74) is 1.26. The van der Waals surface area contributed by atoms with Gasteiger partial charge in [0.15, 0.2) is 0 Å². The quantitative estimate of drug-likeness (QED) is 0.907. The van der Waals surface area contributed by atoms with Crippen molar-refractivity contribution >= 4 is 11.6 Å². The van der Waals surface area contributed by atoms with Gasteiger partial charge in [0, 0.05) is 44.6 Å². The summed E-state index contributed by atoms with van der Waals surface area (Å²) in [6.45, 7) is 4.42. The summed E-state index contributed by atoms with van der Waals surface area (Å²) in [5, 5.41) is 4.24. The first-order valence-electron chi connectivity index (χ1n) is 6.89. The molecule has 1 saturated carbocycles. The number of piperazine rings is 1. The van der Waals surface area contributed by atoms with Gasteiger partial charge < -0.3 is 5.32 Å². The molecular formula is C14H20ClN3. The van der Waals surface area contributed by atoms with Crippen molar-refractivity contribution in [3.8, 4) is 0 Å². The smallest absolute Gasteiger partial charge is 0.0637 e. The van der Waals surface area contributed by atoms with Gasteiger partial charge in [-0.15, -0.1) is 0 Å². The molecule has 0 radical (unpaired) electrons. The van der Waals surface area contributed by atoms with E-state index in [1.165, 1.54) is 24.8 Å². The molecule has 2 aliphatic rings. The molecule has 4 heteroatoms. The maximum absolute atomic E-state index is 6.34. The summed E-state index contributed by atoms with van der Waals surface area (Å²) in [5.74, 6) is 0.911. The van der Waals surface area contributed by atoms with Crippen LogP contribution in [0.25, 0.3) is 0 Å². The van der Waals surface area contributed by atoms with E-state index in [9.17, 15) is 0 Å². The van der Waals surface area contributed by atoms with E-state index < -0.39 is 0 Å². The number of hydrogen-bond acceptors (Lipinski definition) is 3. The lowest BCUT2D eigenvalue weighted by atomic mass is 9.99. The van der Waals surface area contributed by atoms with E-state index in [0.717, 1.165) is 37.1 Å². The molecule has 0 amide bonds. The Morgan fingerprint density at radius 3 is 2.83 bits per heavy atom. The molecular weight excluding hydrogens is 246 g/mol. The molecule has 1 saturated heterocycles. The Morgan fingerprint density at radius 1 is 1.39 bits per heavy atom. The topological polar surface area (TPSA) is 28.2 Å². The monoisotopic (exact) mass is 265 g/mol. The number of aromatic nitrogens is 1. The molecule has 0 aromatic carbocycles. The van der Waals surface area contributed by atoms with Crippen LogP contribution in [0.2, 0.25) is 5.02 Å². The van der Waals surface area contributed by atoms with E-state index >= 15 is 0 Å². The van der Waals surface area contributed by atoms with Crippen molar-refractivity contribution in [1.29, 1.82) is 0 Å². The molecule has 2 fully saturated rings. The summed E-state index contributed by atoms with van der Waals surface area (Å²) in [6, 6.07) is 2.58. The van der Waals surface area contributed by atoms with Crippen molar-refractivity contribution in [2.75, 3.05) is 26.2 Å². The molecule has 1 aliphatic heterocycles. The predicted octanol–water partition coefficient (Wildman–Crippen LogP) is 2.48. The molecule has 0 bridgehead atoms. The van der Waals surface area contributed by atoms with E-state index in [0.29, 0.717) is 6.04 Å². The van der Waals surface area contributed by atoms with E-state index in [1.807, 2.05) is 6.20 Å². The van der Waals surface area contributed by atoms with Gasteiger partial charge in [0.05, 0.1) is 5.02 Å². The fourth-order valence-corrected chi connectivity index (χ4v) is 3.04. The average molecular weight is 266 g/mol. The Bertz CT molecular complexity index is 400. The Kier molecular flexibility index (Phi) is 3.83. The fourth-order valence-electron chi connectivity index (χ4n) is 2.79. The zero-order valence-corrected chi connectivity index (χ0v) is 11.4. The third kappa shape index (κ3) is 2.85. The Labute approximate surface area is 114 Å². The van der Waals surface area contributed by atoms with Crippen LogP contribution >= 0.6 is 11.6 Å². The van der Waals surface area contributed by atoms with Crippen molar-refractivity contribution in [2.24, 2.45) is 5.92 Å². The van der Waals surface area contributed by atoms with E-state index in [4.69, 9.17) is 11.6 Å². The average Bonchev–Trinajstić information content (AvgIpc) is 3.22. The van der Waals surface area contributed by atoms with Crippen LogP contribution in [0.15, 0.2) is 18.5 Å². The van der Waals surface area contributed by atoms with Gasteiger partial charge in [-0.3, -0.25) is 9.88 Å². The maximum atomic E-state index is 6.34. The molecule has 0 spiro atoms. The minimum atomic E-state index is 0.482. The van der Waals surface area contributed by atoms with Crippen LogP contribution in [-0.2, 0) is 0 Å². The van der Waals surface area contributed by atoms with Gasteiger partial charge in [0.25, 0.3) is 0 Å².